The molecule has 1 aliphatic rings. The maximum atomic E-state index is 13.3. The van der Waals surface area contributed by atoms with E-state index in [0.29, 0.717) is 24.5 Å². The molecule has 3 aromatic carbocycles. The second-order valence-corrected chi connectivity index (χ2v) is 9.91. The molecule has 0 fully saturated rings. The number of fused-ring (bicyclic) bond motifs is 1. The van der Waals surface area contributed by atoms with Crippen molar-refractivity contribution in [2.24, 2.45) is 0 Å². The lowest BCUT2D eigenvalue weighted by Gasteiger charge is -2.12. The molecular weight excluding hydrogens is 504 g/mol. The number of H-pyrrole nitrogens is 2. The van der Waals surface area contributed by atoms with Crippen LogP contribution >= 0.6 is 0 Å². The van der Waals surface area contributed by atoms with Crippen molar-refractivity contribution >= 4 is 0 Å². The number of unbranched alkanes of at least 4 members (excludes halogenated alkanes) is 1. The highest BCUT2D eigenvalue weighted by atomic mass is 16.7. The highest BCUT2D eigenvalue weighted by molar-refractivity contribution is 5.80. The third kappa shape index (κ3) is 5.49. The van der Waals surface area contributed by atoms with Gasteiger partial charge in [-0.25, -0.2) is 5.10 Å². The molecule has 0 spiro atoms. The van der Waals surface area contributed by atoms with E-state index in [0.717, 1.165) is 76.3 Å². The van der Waals surface area contributed by atoms with Gasteiger partial charge in [-0.1, -0.05) is 67.9 Å². The average Bonchev–Trinajstić information content (AvgIpc) is 3.69. The minimum atomic E-state index is -0.155. The van der Waals surface area contributed by atoms with Crippen molar-refractivity contribution < 1.29 is 9.47 Å². The summed E-state index contributed by atoms with van der Waals surface area (Å²) in [6.45, 7) is 2.41. The molecule has 0 aliphatic carbocycles. The highest BCUT2D eigenvalue weighted by Crippen LogP contribution is 2.33. The topological polar surface area (TPSA) is 119 Å². The van der Waals surface area contributed by atoms with Crippen molar-refractivity contribution in [3.05, 3.63) is 105 Å². The van der Waals surface area contributed by atoms with Gasteiger partial charge in [0.2, 0.25) is 6.79 Å². The minimum absolute atomic E-state index is 0.155. The largest absolute Gasteiger partial charge is 0.454 e. The number of benzene rings is 3. The zero-order chi connectivity index (χ0) is 27.3. The monoisotopic (exact) mass is 534 g/mol. The Kier molecular flexibility index (Phi) is 7.34. The Labute approximate surface area is 231 Å². The van der Waals surface area contributed by atoms with E-state index in [1.54, 1.807) is 0 Å². The fourth-order valence-corrected chi connectivity index (χ4v) is 5.04. The molecule has 3 heterocycles. The maximum Gasteiger partial charge on any atom is 0.276 e. The van der Waals surface area contributed by atoms with Crippen LogP contribution in [-0.2, 0) is 25.7 Å². The molecule has 2 aromatic heterocycles. The van der Waals surface area contributed by atoms with Crippen molar-refractivity contribution in [1.82, 2.24) is 30.6 Å². The number of aryl methyl sites for hydroxylation is 3. The first kappa shape index (κ1) is 25.5. The summed E-state index contributed by atoms with van der Waals surface area (Å²) in [5.74, 6) is 2.87. The Morgan fingerprint density at radius 2 is 1.68 bits per heavy atom. The summed E-state index contributed by atoms with van der Waals surface area (Å²) < 4.78 is 10.9. The molecule has 40 heavy (non-hydrogen) atoms. The summed E-state index contributed by atoms with van der Waals surface area (Å²) in [6, 6.07) is 22.2. The lowest BCUT2D eigenvalue weighted by Crippen LogP contribution is -2.21. The number of aromatic amines is 2. The van der Waals surface area contributed by atoms with E-state index in [-0.39, 0.29) is 12.4 Å². The molecule has 9 heteroatoms. The summed E-state index contributed by atoms with van der Waals surface area (Å²) in [5.41, 5.74) is 6.75. The van der Waals surface area contributed by atoms with Gasteiger partial charge in [-0.15, -0.1) is 5.10 Å². The molecule has 202 valence electrons. The van der Waals surface area contributed by atoms with Crippen LogP contribution in [0.3, 0.4) is 0 Å². The van der Waals surface area contributed by atoms with E-state index in [1.807, 2.05) is 42.5 Å². The molecule has 5 aromatic rings. The number of aromatic nitrogens is 6. The zero-order valence-corrected chi connectivity index (χ0v) is 22.3. The number of hydrogen-bond donors (Lipinski definition) is 2. The van der Waals surface area contributed by atoms with E-state index >= 15 is 0 Å². The van der Waals surface area contributed by atoms with Crippen molar-refractivity contribution in [2.45, 2.75) is 45.4 Å². The van der Waals surface area contributed by atoms with Crippen LogP contribution in [0, 0.1) is 0 Å². The second kappa shape index (κ2) is 11.5. The van der Waals surface area contributed by atoms with Crippen molar-refractivity contribution in [1.29, 1.82) is 0 Å². The zero-order valence-electron chi connectivity index (χ0n) is 22.3. The predicted molar refractivity (Wildman–Crippen MR) is 151 cm³/mol. The van der Waals surface area contributed by atoms with Crippen LogP contribution in [0.2, 0.25) is 0 Å². The predicted octanol–water partition coefficient (Wildman–Crippen LogP) is 5.06. The quantitative estimate of drug-likeness (QED) is 0.257. The summed E-state index contributed by atoms with van der Waals surface area (Å²) in [4.78, 5) is 21.2. The molecule has 2 N–H and O–H groups in total. The van der Waals surface area contributed by atoms with Crippen LogP contribution < -0.4 is 15.0 Å². The third-order valence-electron chi connectivity index (χ3n) is 7.20. The number of nitrogens with zero attached hydrogens (tertiary/aromatic N) is 4. The van der Waals surface area contributed by atoms with Crippen molar-refractivity contribution in [2.75, 3.05) is 6.79 Å². The van der Waals surface area contributed by atoms with Gasteiger partial charge in [0.25, 0.3) is 5.56 Å². The standard InChI is InChI=1S/C31H30N6O3/c1-2-3-8-26-25(31(38)33-29(32-26)16-12-21-11-15-27-28(18-21)40-19-39-27)17-20-9-13-22(14-10-20)23-6-4-5-7-24(23)30-34-36-37-35-30/h4-7,9-11,13-15,18H,2-3,8,12,16-17,19H2,1H3,(H,32,33,38)(H,34,35,36,37). The van der Waals surface area contributed by atoms with Crippen LogP contribution in [0.25, 0.3) is 22.5 Å². The smallest absolute Gasteiger partial charge is 0.276 e. The van der Waals surface area contributed by atoms with Gasteiger partial charge in [0, 0.05) is 29.7 Å². The first-order chi connectivity index (χ1) is 19.7. The van der Waals surface area contributed by atoms with Crippen LogP contribution in [0.1, 0.15) is 48.0 Å². The second-order valence-electron chi connectivity index (χ2n) is 9.91. The number of nitrogens with one attached hydrogen (secondary N) is 2. The van der Waals surface area contributed by atoms with Gasteiger partial charge in [0.15, 0.2) is 17.3 Å². The van der Waals surface area contributed by atoms with Gasteiger partial charge in [-0.2, -0.15) is 4.98 Å². The van der Waals surface area contributed by atoms with Crippen LogP contribution in [-0.4, -0.2) is 37.4 Å². The summed E-state index contributed by atoms with van der Waals surface area (Å²) in [5, 5.41) is 14.3. The minimum Gasteiger partial charge on any atom is -0.454 e. The molecule has 0 atom stereocenters. The molecule has 0 unspecified atom stereocenters. The first-order valence-corrected chi connectivity index (χ1v) is 13.6. The van der Waals surface area contributed by atoms with Gasteiger partial charge < -0.3 is 14.5 Å². The van der Waals surface area contributed by atoms with Gasteiger partial charge in [0.1, 0.15) is 5.82 Å². The van der Waals surface area contributed by atoms with Crippen molar-refractivity contribution in [3.63, 3.8) is 0 Å². The average molecular weight is 535 g/mol. The Balaban J connectivity index is 1.21. The van der Waals surface area contributed by atoms with E-state index in [2.05, 4.69) is 61.8 Å². The number of rotatable bonds is 10. The maximum absolute atomic E-state index is 13.3. The molecule has 0 saturated carbocycles. The third-order valence-corrected chi connectivity index (χ3v) is 7.20. The number of hydrogen-bond acceptors (Lipinski definition) is 7. The molecule has 1 aliphatic heterocycles. The van der Waals surface area contributed by atoms with E-state index in [4.69, 9.17) is 9.47 Å². The van der Waals surface area contributed by atoms with Crippen LogP contribution in [0.15, 0.2) is 71.5 Å². The number of ether oxygens (including phenoxy) is 2. The lowest BCUT2D eigenvalue weighted by atomic mass is 9.96. The Morgan fingerprint density at radius 3 is 2.48 bits per heavy atom. The van der Waals surface area contributed by atoms with E-state index < -0.39 is 0 Å². The fraction of sp³-hybridized carbons (Fsp3) is 0.258. The van der Waals surface area contributed by atoms with Gasteiger partial charge in [-0.3, -0.25) is 4.79 Å². The van der Waals surface area contributed by atoms with Gasteiger partial charge in [-0.05, 0) is 64.1 Å². The molecule has 0 saturated heterocycles. The summed E-state index contributed by atoms with van der Waals surface area (Å²) >= 11 is 0. The fourth-order valence-electron chi connectivity index (χ4n) is 5.04. The Bertz CT molecular complexity index is 1660. The van der Waals surface area contributed by atoms with Crippen LogP contribution in [0.5, 0.6) is 11.5 Å². The Morgan fingerprint density at radius 1 is 0.875 bits per heavy atom. The molecule has 0 radical (unpaired) electrons. The molecule has 6 rings (SSSR count). The van der Waals surface area contributed by atoms with Crippen LogP contribution in [0.4, 0.5) is 0 Å². The summed E-state index contributed by atoms with van der Waals surface area (Å²) in [6.07, 6.45) is 4.78. The lowest BCUT2D eigenvalue weighted by molar-refractivity contribution is 0.174. The van der Waals surface area contributed by atoms with Gasteiger partial charge >= 0.3 is 0 Å². The van der Waals surface area contributed by atoms with E-state index in [9.17, 15) is 4.79 Å². The highest BCUT2D eigenvalue weighted by Gasteiger charge is 2.16. The molecule has 0 amide bonds. The summed E-state index contributed by atoms with van der Waals surface area (Å²) in [7, 11) is 0. The molecule has 0 bridgehead atoms. The normalized spacial score (nSPS) is 12.1. The van der Waals surface area contributed by atoms with E-state index in [1.165, 1.54) is 0 Å². The van der Waals surface area contributed by atoms with Crippen molar-refractivity contribution in [3.8, 4) is 34.0 Å². The molecule has 9 nitrogen and oxygen atoms in total. The SMILES string of the molecule is CCCCc1[nH]c(CCc2ccc3c(c2)OCO3)nc(=O)c1Cc1ccc(-c2ccccc2-c2nnn[nH]2)cc1. The first-order valence-electron chi connectivity index (χ1n) is 13.6. The van der Waals surface area contributed by atoms with Gasteiger partial charge in [0.05, 0.1) is 0 Å². The Hall–Kier alpha value is -4.79. The molecular formula is C31H30N6O3. The number of tetrazole rings is 1.